The Kier molecular flexibility index (Phi) is 9.40. The van der Waals surface area contributed by atoms with Crippen LogP contribution >= 0.6 is 0 Å². The van der Waals surface area contributed by atoms with Crippen LogP contribution in [0.3, 0.4) is 0 Å². The lowest BCUT2D eigenvalue weighted by Gasteiger charge is -2.48. The van der Waals surface area contributed by atoms with E-state index in [2.05, 4.69) is 34.4 Å². The van der Waals surface area contributed by atoms with Crippen LogP contribution in [0, 0.1) is 76.5 Å². The standard InChI is InChI=1S/C47H52F4N6O6/c1-5-8-34-39(43(59)53-27-14-30(48)40(31(49)15-27)61-28-12-23-11-24(23)13-28)55-44(63-34)56-10-9-25(19-56)47-29-18-35(37(47)36(29)47)62-41-32(50)16-26(17-33(41)51)52-42(58)38-22(4)60-45(54-38)57-20-46(6-2,7-3)21-57/h14-17,23-25,28-29,35-37H,5-13,18-21H2,1-4H3,(H,52,58)(H,53,59). The molecule has 8 atom stereocenters. The van der Waals surface area contributed by atoms with Crippen LogP contribution in [0.1, 0.15) is 105 Å². The summed E-state index contributed by atoms with van der Waals surface area (Å²) in [5, 5.41) is 5.17. The molecule has 334 valence electrons. The maximum atomic E-state index is 15.5. The molecule has 6 aliphatic carbocycles. The second-order valence-corrected chi connectivity index (χ2v) is 19.4. The van der Waals surface area contributed by atoms with E-state index in [-0.39, 0.29) is 57.6 Å². The molecule has 2 N–H and O–H groups in total. The molecule has 2 aromatic carbocycles. The molecule has 0 spiro atoms. The smallest absolute Gasteiger partial charge is 0.298 e. The van der Waals surface area contributed by atoms with E-state index in [1.165, 1.54) is 0 Å². The summed E-state index contributed by atoms with van der Waals surface area (Å²) in [5.74, 6) is -2.48. The maximum absolute atomic E-state index is 15.5. The number of aromatic nitrogens is 2. The third-order valence-corrected chi connectivity index (χ3v) is 15.9. The molecule has 2 saturated heterocycles. The minimum absolute atomic E-state index is 0.0282. The molecule has 2 aromatic heterocycles. The fourth-order valence-electron chi connectivity index (χ4n) is 12.3. The summed E-state index contributed by atoms with van der Waals surface area (Å²) >= 11 is 0. The first kappa shape index (κ1) is 40.5. The first-order valence-corrected chi connectivity index (χ1v) is 22.7. The van der Waals surface area contributed by atoms with Crippen LogP contribution in [0.2, 0.25) is 0 Å². The molecule has 2 bridgehead atoms. The second-order valence-electron chi connectivity index (χ2n) is 19.4. The van der Waals surface area contributed by atoms with E-state index in [4.69, 9.17) is 18.3 Å². The number of benzene rings is 2. The van der Waals surface area contributed by atoms with Gasteiger partial charge in [0.15, 0.2) is 46.2 Å². The SMILES string of the molecule is CCCc1oc(N2CCC(C34C5CC(Oc6c(F)cc(NC(=O)c7nc(N8CC(CC)(CC)C8)oc7C)cc6F)C3C54)C2)nc1C(=O)Nc1cc(F)c(OC2CC3CC3C2)c(F)c1. The summed E-state index contributed by atoms with van der Waals surface area (Å²) in [7, 11) is 0. The van der Waals surface area contributed by atoms with Crippen molar-refractivity contribution < 1.29 is 45.5 Å². The molecule has 8 fully saturated rings. The molecule has 4 heterocycles. The molecule has 4 aromatic rings. The van der Waals surface area contributed by atoms with Crippen molar-refractivity contribution in [2.45, 2.75) is 97.7 Å². The number of nitrogens with one attached hydrogen (secondary N) is 2. The Morgan fingerprint density at radius 1 is 0.778 bits per heavy atom. The average molecular weight is 873 g/mol. The van der Waals surface area contributed by atoms with Gasteiger partial charge in [0.25, 0.3) is 23.8 Å². The van der Waals surface area contributed by atoms with Gasteiger partial charge in [-0.1, -0.05) is 20.8 Å². The van der Waals surface area contributed by atoms with E-state index in [9.17, 15) is 9.59 Å². The number of rotatable bonds is 15. The number of amides is 2. The lowest BCUT2D eigenvalue weighted by Crippen LogP contribution is -2.56. The summed E-state index contributed by atoms with van der Waals surface area (Å²) in [4.78, 5) is 39.7. The van der Waals surface area contributed by atoms with Crippen LogP contribution in [0.15, 0.2) is 33.1 Å². The molecule has 12 rings (SSSR count). The van der Waals surface area contributed by atoms with E-state index >= 15 is 17.6 Å². The number of oxazole rings is 2. The lowest BCUT2D eigenvalue weighted by atomic mass is 9.75. The van der Waals surface area contributed by atoms with Crippen LogP contribution in [-0.2, 0) is 6.42 Å². The van der Waals surface area contributed by atoms with Crippen molar-refractivity contribution in [1.29, 1.82) is 0 Å². The van der Waals surface area contributed by atoms with Crippen LogP contribution in [0.5, 0.6) is 11.5 Å². The van der Waals surface area contributed by atoms with E-state index in [0.29, 0.717) is 79.6 Å². The lowest BCUT2D eigenvalue weighted by molar-refractivity contribution is 0.101. The second kappa shape index (κ2) is 14.6. The summed E-state index contributed by atoms with van der Waals surface area (Å²) in [6.45, 7) is 10.8. The molecule has 8 aliphatic rings. The molecule has 8 unspecified atom stereocenters. The van der Waals surface area contributed by atoms with Gasteiger partial charge in [-0.25, -0.2) is 17.6 Å². The number of fused-ring (bicyclic) bond motifs is 2. The molecule has 2 amide bonds. The maximum Gasteiger partial charge on any atom is 0.298 e. The molecule has 12 nitrogen and oxygen atoms in total. The number of anilines is 4. The van der Waals surface area contributed by atoms with E-state index in [0.717, 1.165) is 75.9 Å². The van der Waals surface area contributed by atoms with Gasteiger partial charge in [0.2, 0.25) is 0 Å². The Labute approximate surface area is 362 Å². The Morgan fingerprint density at radius 2 is 1.37 bits per heavy atom. The zero-order chi connectivity index (χ0) is 43.7. The fourth-order valence-corrected chi connectivity index (χ4v) is 12.3. The zero-order valence-electron chi connectivity index (χ0n) is 35.9. The molecule has 2 aliphatic heterocycles. The number of hydrogen-bond donors (Lipinski definition) is 2. The fraction of sp³-hybridized carbons (Fsp3) is 0.574. The number of halogens is 4. The highest BCUT2D eigenvalue weighted by atomic mass is 19.1. The number of nitrogens with zero attached hydrogens (tertiary/aromatic N) is 4. The number of carbonyl (C=O) groups excluding carboxylic acids is 2. The topological polar surface area (TPSA) is 135 Å². The van der Waals surface area contributed by atoms with Crippen molar-refractivity contribution in [3.8, 4) is 11.5 Å². The molecule has 6 saturated carbocycles. The highest BCUT2D eigenvalue weighted by Crippen LogP contribution is 2.94. The third-order valence-electron chi connectivity index (χ3n) is 15.9. The van der Waals surface area contributed by atoms with Gasteiger partial charge in [-0.3, -0.25) is 9.59 Å². The molecular formula is C47H52F4N6O6. The van der Waals surface area contributed by atoms with Crippen molar-refractivity contribution in [3.05, 3.63) is 70.4 Å². The highest BCUT2D eigenvalue weighted by Gasteiger charge is 2.94. The minimum Gasteiger partial charge on any atom is -0.484 e. The van der Waals surface area contributed by atoms with Crippen molar-refractivity contribution >= 4 is 35.2 Å². The number of hydrogen-bond acceptors (Lipinski definition) is 10. The van der Waals surface area contributed by atoms with E-state index < -0.39 is 46.6 Å². The third kappa shape index (κ3) is 6.57. The molecule has 16 heteroatoms. The van der Waals surface area contributed by atoms with Gasteiger partial charge in [-0.2, -0.15) is 9.97 Å². The van der Waals surface area contributed by atoms with E-state index in [1.807, 2.05) is 16.7 Å². The van der Waals surface area contributed by atoms with Crippen molar-refractivity contribution in [3.63, 3.8) is 0 Å². The Bertz CT molecular complexity index is 2450. The van der Waals surface area contributed by atoms with Crippen LogP contribution in [0.4, 0.5) is 41.0 Å². The predicted molar refractivity (Wildman–Crippen MR) is 223 cm³/mol. The number of ether oxygens (including phenoxy) is 2. The minimum atomic E-state index is -0.901. The van der Waals surface area contributed by atoms with Crippen LogP contribution in [0.25, 0.3) is 0 Å². The van der Waals surface area contributed by atoms with Crippen LogP contribution in [-0.4, -0.2) is 60.2 Å². The zero-order valence-corrected chi connectivity index (χ0v) is 35.9. The van der Waals surface area contributed by atoms with Gasteiger partial charge in [0.1, 0.15) is 17.6 Å². The van der Waals surface area contributed by atoms with Gasteiger partial charge in [0.05, 0.1) is 6.10 Å². The van der Waals surface area contributed by atoms with Gasteiger partial charge in [-0.15, -0.1) is 0 Å². The van der Waals surface area contributed by atoms with E-state index in [1.54, 1.807) is 6.92 Å². The molecular weight excluding hydrogens is 821 g/mol. The highest BCUT2D eigenvalue weighted by molar-refractivity contribution is 6.04. The average Bonchev–Trinajstić information content (AvgIpc) is 3.80. The van der Waals surface area contributed by atoms with Gasteiger partial charge in [0, 0.05) is 79.6 Å². The Morgan fingerprint density at radius 3 is 1.97 bits per heavy atom. The predicted octanol–water partition coefficient (Wildman–Crippen LogP) is 9.33. The van der Waals surface area contributed by atoms with Gasteiger partial charge in [-0.05, 0) is 93.3 Å². The quantitative estimate of drug-likeness (QED) is 0.111. The summed E-state index contributed by atoms with van der Waals surface area (Å²) in [6, 6.07) is 4.94. The van der Waals surface area contributed by atoms with Crippen molar-refractivity contribution in [2.24, 2.45) is 46.3 Å². The van der Waals surface area contributed by atoms with Crippen molar-refractivity contribution in [1.82, 2.24) is 9.97 Å². The Balaban J connectivity index is 0.708. The molecule has 63 heavy (non-hydrogen) atoms. The summed E-state index contributed by atoms with van der Waals surface area (Å²) < 4.78 is 84.9. The normalized spacial score (nSPS) is 30.2. The summed E-state index contributed by atoms with van der Waals surface area (Å²) in [5.41, 5.74) is 0.268. The first-order valence-electron chi connectivity index (χ1n) is 22.7. The van der Waals surface area contributed by atoms with Crippen LogP contribution < -0.4 is 29.9 Å². The first-order chi connectivity index (χ1) is 30.3. The molecule has 0 radical (unpaired) electrons. The largest absolute Gasteiger partial charge is 0.484 e. The van der Waals surface area contributed by atoms with Gasteiger partial charge >= 0.3 is 0 Å². The summed E-state index contributed by atoms with van der Waals surface area (Å²) in [6.07, 6.45) is 7.00. The van der Waals surface area contributed by atoms with Gasteiger partial charge < -0.3 is 38.7 Å². The number of aryl methyl sites for hydroxylation is 2. The monoisotopic (exact) mass is 872 g/mol. The van der Waals surface area contributed by atoms with Crippen molar-refractivity contribution in [2.75, 3.05) is 46.6 Å². The number of carbonyl (C=O) groups is 2. The Hall–Kier alpha value is -5.28.